The van der Waals surface area contributed by atoms with Crippen molar-refractivity contribution in [1.82, 2.24) is 9.80 Å². The molecule has 0 aromatic heterocycles. The molecule has 1 amide bonds. The fourth-order valence-electron chi connectivity index (χ4n) is 2.14. The number of likely N-dealkylation sites (N-methyl/N-ethyl adjacent to an activating group) is 2. The number of carbonyl (C=O) groups excluding carboxylic acids is 1. The quantitative estimate of drug-likeness (QED) is 0.698. The van der Waals surface area contributed by atoms with Crippen LogP contribution in [0.4, 0.5) is 0 Å². The van der Waals surface area contributed by atoms with Crippen molar-refractivity contribution < 1.29 is 13.2 Å². The number of rotatable bonds is 5. The Hall–Kier alpha value is -0.620. The van der Waals surface area contributed by atoms with Gasteiger partial charge in [-0.25, -0.2) is 8.42 Å². The molecule has 1 aliphatic rings. The van der Waals surface area contributed by atoms with Gasteiger partial charge in [0.05, 0.1) is 18.1 Å². The minimum absolute atomic E-state index is 0.000452. The summed E-state index contributed by atoms with van der Waals surface area (Å²) in [6, 6.07) is -0.000452. The molecule has 1 rings (SSSR count). The van der Waals surface area contributed by atoms with Gasteiger partial charge in [-0.1, -0.05) is 0 Å². The van der Waals surface area contributed by atoms with Gasteiger partial charge in [-0.15, -0.1) is 0 Å². The van der Waals surface area contributed by atoms with Gasteiger partial charge in [0, 0.05) is 19.1 Å². The number of hydrogen-bond donors (Lipinski definition) is 0. The number of nitrogens with zero attached hydrogens (tertiary/aromatic N) is 2. The minimum Gasteiger partial charge on any atom is -0.342 e. The molecule has 100 valence electrons. The van der Waals surface area contributed by atoms with Crippen molar-refractivity contribution in [3.05, 3.63) is 0 Å². The molecule has 0 aromatic rings. The zero-order chi connectivity index (χ0) is 13.1. The van der Waals surface area contributed by atoms with E-state index in [0.717, 1.165) is 0 Å². The second kappa shape index (κ2) is 5.82. The predicted octanol–water partition coefficient (Wildman–Crippen LogP) is -0.0263. The van der Waals surface area contributed by atoms with Gasteiger partial charge in [0.2, 0.25) is 5.91 Å². The largest absolute Gasteiger partial charge is 0.342 e. The Labute approximate surface area is 104 Å². The van der Waals surface area contributed by atoms with Crippen molar-refractivity contribution in [2.24, 2.45) is 0 Å². The molecule has 0 bridgehead atoms. The average molecular weight is 262 g/mol. The molecule has 0 aliphatic carbocycles. The van der Waals surface area contributed by atoms with Crippen LogP contribution < -0.4 is 0 Å². The van der Waals surface area contributed by atoms with Crippen molar-refractivity contribution in [2.75, 3.05) is 38.2 Å². The monoisotopic (exact) mass is 262 g/mol. The molecule has 1 heterocycles. The number of carbonyl (C=O) groups is 1. The maximum atomic E-state index is 11.9. The highest BCUT2D eigenvalue weighted by Crippen LogP contribution is 2.16. The van der Waals surface area contributed by atoms with Gasteiger partial charge in [0.25, 0.3) is 0 Å². The summed E-state index contributed by atoms with van der Waals surface area (Å²) < 4.78 is 22.7. The Bertz CT molecular complexity index is 363. The van der Waals surface area contributed by atoms with Crippen LogP contribution in [0.5, 0.6) is 0 Å². The SMILES string of the molecule is CCN(CC)C(=O)CN(C)[C@H]1CCS(=O)(=O)C1. The fourth-order valence-corrected chi connectivity index (χ4v) is 3.95. The first-order valence-electron chi connectivity index (χ1n) is 6.08. The third-order valence-corrected chi connectivity index (χ3v) is 5.08. The summed E-state index contributed by atoms with van der Waals surface area (Å²) >= 11 is 0. The van der Waals surface area contributed by atoms with E-state index in [9.17, 15) is 13.2 Å². The molecule has 0 radical (unpaired) electrons. The summed E-state index contributed by atoms with van der Waals surface area (Å²) in [7, 11) is -1.05. The van der Waals surface area contributed by atoms with E-state index in [0.29, 0.717) is 26.1 Å². The maximum Gasteiger partial charge on any atom is 0.236 e. The molecule has 0 unspecified atom stereocenters. The smallest absolute Gasteiger partial charge is 0.236 e. The standard InChI is InChI=1S/C11H22N2O3S/c1-4-13(5-2)11(14)8-12(3)10-6-7-17(15,16)9-10/h10H,4-9H2,1-3H3/t10-/m0/s1. The van der Waals surface area contributed by atoms with Crippen LogP contribution in [0.2, 0.25) is 0 Å². The molecular weight excluding hydrogens is 240 g/mol. The number of hydrogen-bond acceptors (Lipinski definition) is 4. The van der Waals surface area contributed by atoms with Crippen molar-refractivity contribution in [3.8, 4) is 0 Å². The Kier molecular flexibility index (Phi) is 4.94. The van der Waals surface area contributed by atoms with E-state index in [1.54, 1.807) is 4.90 Å². The molecule has 5 nitrogen and oxygen atoms in total. The third kappa shape index (κ3) is 3.96. The summed E-state index contributed by atoms with van der Waals surface area (Å²) in [6.45, 7) is 5.60. The normalized spacial score (nSPS) is 22.9. The molecule has 17 heavy (non-hydrogen) atoms. The molecule has 1 saturated heterocycles. The zero-order valence-corrected chi connectivity index (χ0v) is 11.7. The fraction of sp³-hybridized carbons (Fsp3) is 0.909. The van der Waals surface area contributed by atoms with Crippen LogP contribution in [0.15, 0.2) is 0 Å². The first kappa shape index (κ1) is 14.4. The summed E-state index contributed by atoms with van der Waals surface area (Å²) in [5.41, 5.74) is 0. The van der Waals surface area contributed by atoms with E-state index in [2.05, 4.69) is 0 Å². The summed E-state index contributed by atoms with van der Waals surface area (Å²) in [6.07, 6.45) is 0.643. The lowest BCUT2D eigenvalue weighted by Crippen LogP contribution is -2.43. The predicted molar refractivity (Wildman–Crippen MR) is 67.6 cm³/mol. The Morgan fingerprint density at radius 2 is 1.88 bits per heavy atom. The highest BCUT2D eigenvalue weighted by Gasteiger charge is 2.31. The average Bonchev–Trinajstić information content (AvgIpc) is 2.60. The molecule has 6 heteroatoms. The molecule has 1 atom stereocenters. The number of amides is 1. The molecule has 0 spiro atoms. The van der Waals surface area contributed by atoms with Crippen molar-refractivity contribution in [3.63, 3.8) is 0 Å². The van der Waals surface area contributed by atoms with Crippen LogP contribution in [0.3, 0.4) is 0 Å². The van der Waals surface area contributed by atoms with E-state index in [1.165, 1.54) is 0 Å². The van der Waals surface area contributed by atoms with Crippen LogP contribution in [-0.4, -0.2) is 68.4 Å². The van der Waals surface area contributed by atoms with Gasteiger partial charge in [-0.2, -0.15) is 0 Å². The van der Waals surface area contributed by atoms with E-state index in [-0.39, 0.29) is 23.5 Å². The molecule has 0 aromatic carbocycles. The molecular formula is C11H22N2O3S. The van der Waals surface area contributed by atoms with Gasteiger partial charge in [0.1, 0.15) is 0 Å². The first-order valence-corrected chi connectivity index (χ1v) is 7.90. The van der Waals surface area contributed by atoms with Crippen LogP contribution in [0.1, 0.15) is 20.3 Å². The second-order valence-corrected chi connectivity index (χ2v) is 6.77. The van der Waals surface area contributed by atoms with E-state index >= 15 is 0 Å². The van der Waals surface area contributed by atoms with Crippen molar-refractivity contribution >= 4 is 15.7 Å². The minimum atomic E-state index is -2.87. The van der Waals surface area contributed by atoms with Crippen LogP contribution in [-0.2, 0) is 14.6 Å². The van der Waals surface area contributed by atoms with Gasteiger partial charge in [-0.3, -0.25) is 9.69 Å². The molecule has 1 aliphatic heterocycles. The van der Waals surface area contributed by atoms with Gasteiger partial charge < -0.3 is 4.90 Å². The Morgan fingerprint density at radius 1 is 1.29 bits per heavy atom. The maximum absolute atomic E-state index is 11.9. The third-order valence-electron chi connectivity index (χ3n) is 3.33. The highest BCUT2D eigenvalue weighted by molar-refractivity contribution is 7.91. The molecule has 1 fully saturated rings. The van der Waals surface area contributed by atoms with Gasteiger partial charge in [0.15, 0.2) is 9.84 Å². The van der Waals surface area contributed by atoms with E-state index in [4.69, 9.17) is 0 Å². The van der Waals surface area contributed by atoms with Crippen molar-refractivity contribution in [2.45, 2.75) is 26.3 Å². The lowest BCUT2D eigenvalue weighted by atomic mass is 10.2. The van der Waals surface area contributed by atoms with Crippen molar-refractivity contribution in [1.29, 1.82) is 0 Å². The second-order valence-electron chi connectivity index (χ2n) is 4.54. The lowest BCUT2D eigenvalue weighted by Gasteiger charge is -2.26. The topological polar surface area (TPSA) is 57.7 Å². The first-order chi connectivity index (χ1) is 7.89. The summed E-state index contributed by atoms with van der Waals surface area (Å²) in [4.78, 5) is 15.5. The number of sulfone groups is 1. The van der Waals surface area contributed by atoms with E-state index < -0.39 is 9.84 Å². The zero-order valence-electron chi connectivity index (χ0n) is 10.8. The van der Waals surface area contributed by atoms with Gasteiger partial charge >= 0.3 is 0 Å². The Balaban J connectivity index is 2.50. The van der Waals surface area contributed by atoms with Crippen LogP contribution in [0, 0.1) is 0 Å². The van der Waals surface area contributed by atoms with Crippen LogP contribution in [0.25, 0.3) is 0 Å². The van der Waals surface area contributed by atoms with Gasteiger partial charge in [-0.05, 0) is 27.3 Å². The molecule has 0 saturated carbocycles. The van der Waals surface area contributed by atoms with Crippen LogP contribution >= 0.6 is 0 Å². The lowest BCUT2D eigenvalue weighted by molar-refractivity contribution is -0.132. The highest BCUT2D eigenvalue weighted by atomic mass is 32.2. The Morgan fingerprint density at radius 3 is 2.29 bits per heavy atom. The summed E-state index contributed by atoms with van der Waals surface area (Å²) in [5.74, 6) is 0.512. The van der Waals surface area contributed by atoms with E-state index in [1.807, 2.05) is 25.8 Å². The summed E-state index contributed by atoms with van der Waals surface area (Å²) in [5, 5.41) is 0. The molecule has 0 N–H and O–H groups in total.